The molecule has 2 aromatic rings. The van der Waals surface area contributed by atoms with Crippen molar-refractivity contribution in [2.45, 2.75) is 162 Å². The standard InChI is InChI=1S/C37H60O/c1-6-8-10-11-12-13-14-15-16-17-18-19-20-22-25-31(3)35-30-34(29-32(36(35)38)26-9-7-2)37(4,5)33-27-23-21-24-28-33/h21,23-24,27-31,38H,6-20,22,25-26H2,1-5H3. The molecule has 0 fully saturated rings. The minimum Gasteiger partial charge on any atom is -0.507 e. The van der Waals surface area contributed by atoms with Gasteiger partial charge in [0.15, 0.2) is 0 Å². The van der Waals surface area contributed by atoms with Gasteiger partial charge < -0.3 is 5.11 Å². The topological polar surface area (TPSA) is 20.2 Å². The Hall–Kier alpha value is -1.76. The van der Waals surface area contributed by atoms with Gasteiger partial charge >= 0.3 is 0 Å². The van der Waals surface area contributed by atoms with Gasteiger partial charge in [-0.1, -0.05) is 173 Å². The Morgan fingerprint density at radius 2 is 1.13 bits per heavy atom. The van der Waals surface area contributed by atoms with Crippen molar-refractivity contribution >= 4 is 0 Å². The Morgan fingerprint density at radius 1 is 0.632 bits per heavy atom. The van der Waals surface area contributed by atoms with Gasteiger partial charge in [0.1, 0.15) is 5.75 Å². The highest BCUT2D eigenvalue weighted by Crippen LogP contribution is 2.40. The molecule has 38 heavy (non-hydrogen) atoms. The van der Waals surface area contributed by atoms with Crippen LogP contribution in [0.4, 0.5) is 0 Å². The summed E-state index contributed by atoms with van der Waals surface area (Å²) in [6.07, 6.45) is 23.9. The monoisotopic (exact) mass is 520 g/mol. The van der Waals surface area contributed by atoms with E-state index in [4.69, 9.17) is 0 Å². The number of hydrogen-bond acceptors (Lipinski definition) is 1. The maximum absolute atomic E-state index is 11.3. The summed E-state index contributed by atoms with van der Waals surface area (Å²) in [6, 6.07) is 15.4. The van der Waals surface area contributed by atoms with Crippen molar-refractivity contribution in [1.29, 1.82) is 0 Å². The summed E-state index contributed by atoms with van der Waals surface area (Å²) in [6.45, 7) is 11.5. The minimum absolute atomic E-state index is 0.0839. The maximum Gasteiger partial charge on any atom is 0.122 e. The zero-order chi connectivity index (χ0) is 27.6. The lowest BCUT2D eigenvalue weighted by Gasteiger charge is -2.29. The molecule has 0 spiro atoms. The third kappa shape index (κ3) is 11.2. The van der Waals surface area contributed by atoms with Gasteiger partial charge in [0.05, 0.1) is 0 Å². The molecule has 0 amide bonds. The molecule has 0 aliphatic rings. The lowest BCUT2D eigenvalue weighted by molar-refractivity contribution is 0.448. The third-order valence-corrected chi connectivity index (χ3v) is 8.76. The first-order chi connectivity index (χ1) is 18.4. The van der Waals surface area contributed by atoms with Crippen LogP contribution in [0.25, 0.3) is 0 Å². The minimum atomic E-state index is -0.0839. The fourth-order valence-electron chi connectivity index (χ4n) is 5.84. The average molecular weight is 521 g/mol. The van der Waals surface area contributed by atoms with E-state index in [-0.39, 0.29) is 5.41 Å². The van der Waals surface area contributed by atoms with Crippen LogP contribution in [0.1, 0.15) is 172 Å². The zero-order valence-corrected chi connectivity index (χ0v) is 25.8. The van der Waals surface area contributed by atoms with Gasteiger partial charge in [-0.3, -0.25) is 0 Å². The van der Waals surface area contributed by atoms with Crippen LogP contribution >= 0.6 is 0 Å². The largest absolute Gasteiger partial charge is 0.507 e. The number of phenols is 1. The van der Waals surface area contributed by atoms with E-state index >= 15 is 0 Å². The summed E-state index contributed by atoms with van der Waals surface area (Å²) < 4.78 is 0. The van der Waals surface area contributed by atoms with Crippen LogP contribution in [0.2, 0.25) is 0 Å². The van der Waals surface area contributed by atoms with Crippen LogP contribution in [0.15, 0.2) is 42.5 Å². The van der Waals surface area contributed by atoms with Gasteiger partial charge in [-0.25, -0.2) is 0 Å². The lowest BCUT2D eigenvalue weighted by Crippen LogP contribution is -2.20. The highest BCUT2D eigenvalue weighted by molar-refractivity contribution is 5.50. The number of rotatable bonds is 21. The van der Waals surface area contributed by atoms with E-state index in [1.807, 2.05) is 0 Å². The molecule has 0 radical (unpaired) electrons. The second-order valence-corrected chi connectivity index (χ2v) is 12.5. The molecule has 1 heteroatoms. The molecule has 2 rings (SSSR count). The Balaban J connectivity index is 1.82. The van der Waals surface area contributed by atoms with Crippen LogP contribution in [-0.4, -0.2) is 5.11 Å². The first-order valence-corrected chi connectivity index (χ1v) is 16.3. The summed E-state index contributed by atoms with van der Waals surface area (Å²) in [5.74, 6) is 0.947. The molecule has 0 aromatic heterocycles. The predicted octanol–water partition coefficient (Wildman–Crippen LogP) is 12.0. The fourth-order valence-corrected chi connectivity index (χ4v) is 5.84. The average Bonchev–Trinajstić information content (AvgIpc) is 2.92. The Morgan fingerprint density at radius 3 is 1.66 bits per heavy atom. The number of benzene rings is 2. The molecule has 0 aliphatic heterocycles. The summed E-state index contributed by atoms with van der Waals surface area (Å²) in [7, 11) is 0. The van der Waals surface area contributed by atoms with Gasteiger partial charge in [0.25, 0.3) is 0 Å². The molecule has 0 bridgehead atoms. The Bertz CT molecular complexity index is 866. The number of hydrogen-bond donors (Lipinski definition) is 1. The number of unbranched alkanes of at least 4 members (excludes halogenated alkanes) is 14. The molecular formula is C37H60O. The van der Waals surface area contributed by atoms with Crippen molar-refractivity contribution in [3.05, 3.63) is 64.7 Å². The molecule has 1 atom stereocenters. The van der Waals surface area contributed by atoms with Crippen molar-refractivity contribution in [3.63, 3.8) is 0 Å². The van der Waals surface area contributed by atoms with E-state index in [1.54, 1.807) is 0 Å². The third-order valence-electron chi connectivity index (χ3n) is 8.76. The van der Waals surface area contributed by atoms with Crippen molar-refractivity contribution < 1.29 is 5.11 Å². The number of aryl methyl sites for hydroxylation is 1. The highest BCUT2D eigenvalue weighted by Gasteiger charge is 2.26. The summed E-state index contributed by atoms with van der Waals surface area (Å²) in [5.41, 5.74) is 4.87. The molecule has 214 valence electrons. The Kier molecular flexibility index (Phi) is 15.8. The number of phenolic OH excluding ortho intramolecular Hbond substituents is 1. The molecule has 0 aliphatic carbocycles. The smallest absolute Gasteiger partial charge is 0.122 e. The van der Waals surface area contributed by atoms with E-state index in [1.165, 1.54) is 101 Å². The van der Waals surface area contributed by atoms with Gasteiger partial charge in [0, 0.05) is 5.41 Å². The molecule has 2 aromatic carbocycles. The van der Waals surface area contributed by atoms with Crippen molar-refractivity contribution in [1.82, 2.24) is 0 Å². The lowest BCUT2D eigenvalue weighted by atomic mass is 9.75. The predicted molar refractivity (Wildman–Crippen MR) is 169 cm³/mol. The fraction of sp³-hybridized carbons (Fsp3) is 0.676. The molecule has 1 N–H and O–H groups in total. The van der Waals surface area contributed by atoms with Crippen LogP contribution in [0.3, 0.4) is 0 Å². The first-order valence-electron chi connectivity index (χ1n) is 16.3. The summed E-state index contributed by atoms with van der Waals surface area (Å²) >= 11 is 0. The van der Waals surface area contributed by atoms with Crippen molar-refractivity contribution in [2.24, 2.45) is 0 Å². The number of aromatic hydroxyl groups is 1. The zero-order valence-electron chi connectivity index (χ0n) is 25.8. The second-order valence-electron chi connectivity index (χ2n) is 12.5. The van der Waals surface area contributed by atoms with Gasteiger partial charge in [-0.15, -0.1) is 0 Å². The molecule has 0 saturated heterocycles. The summed E-state index contributed by atoms with van der Waals surface area (Å²) in [4.78, 5) is 0. The molecule has 1 unspecified atom stereocenters. The van der Waals surface area contributed by atoms with Gasteiger partial charge in [-0.05, 0) is 47.4 Å². The van der Waals surface area contributed by atoms with Crippen molar-refractivity contribution in [3.8, 4) is 5.75 Å². The van der Waals surface area contributed by atoms with E-state index in [0.717, 1.165) is 36.8 Å². The van der Waals surface area contributed by atoms with Gasteiger partial charge in [0.2, 0.25) is 0 Å². The van der Waals surface area contributed by atoms with Crippen LogP contribution in [-0.2, 0) is 11.8 Å². The normalized spacial score (nSPS) is 12.7. The first kappa shape index (κ1) is 32.5. The van der Waals surface area contributed by atoms with E-state index < -0.39 is 0 Å². The van der Waals surface area contributed by atoms with E-state index in [9.17, 15) is 5.11 Å². The summed E-state index contributed by atoms with van der Waals surface area (Å²) in [5, 5.41) is 11.3. The van der Waals surface area contributed by atoms with Gasteiger partial charge in [-0.2, -0.15) is 0 Å². The SMILES string of the molecule is CCCCCCCCCCCCCCCCC(C)c1cc(C(C)(C)c2ccccc2)cc(CCCC)c1O. The van der Waals surface area contributed by atoms with E-state index in [0.29, 0.717) is 11.7 Å². The van der Waals surface area contributed by atoms with Crippen LogP contribution in [0.5, 0.6) is 5.75 Å². The quantitative estimate of drug-likeness (QED) is 0.162. The molecule has 0 saturated carbocycles. The second kappa shape index (κ2) is 18.5. The highest BCUT2D eigenvalue weighted by atomic mass is 16.3. The van der Waals surface area contributed by atoms with Crippen molar-refractivity contribution in [2.75, 3.05) is 0 Å². The van der Waals surface area contributed by atoms with E-state index in [2.05, 4.69) is 77.1 Å². The molecular weight excluding hydrogens is 460 g/mol. The van der Waals surface area contributed by atoms with Crippen LogP contribution < -0.4 is 0 Å². The van der Waals surface area contributed by atoms with Crippen LogP contribution in [0, 0.1) is 0 Å². The Labute approximate surface area is 236 Å². The molecule has 1 nitrogen and oxygen atoms in total. The molecule has 0 heterocycles. The maximum atomic E-state index is 11.3.